The molecule has 1 rings (SSSR count). The number of hydrogen-bond acceptors (Lipinski definition) is 3. The Bertz CT molecular complexity index is 175. The lowest BCUT2D eigenvalue weighted by atomic mass is 9.99. The number of hydrogen-bond donors (Lipinski definition) is 1. The molecule has 0 aliphatic carbocycles. The molecular weight excluding hydrogens is 188 g/mol. The summed E-state index contributed by atoms with van der Waals surface area (Å²) in [7, 11) is 0. The van der Waals surface area contributed by atoms with Crippen molar-refractivity contribution < 1.29 is 0 Å². The van der Waals surface area contributed by atoms with E-state index in [9.17, 15) is 5.21 Å². The molecule has 0 bridgehead atoms. The van der Waals surface area contributed by atoms with E-state index in [-0.39, 0.29) is 12.2 Å². The van der Waals surface area contributed by atoms with Crippen LogP contribution < -0.4 is 5.32 Å². The zero-order chi connectivity index (χ0) is 11.3. The molecule has 3 nitrogen and oxygen atoms in total. The first-order valence-corrected chi connectivity index (χ1v) is 6.42. The Hall–Kier alpha value is -0.120. The number of nitrogens with one attached hydrogen (secondary N) is 1. The summed E-state index contributed by atoms with van der Waals surface area (Å²) in [6.45, 7) is 6.36. The standard InChI is InChI=1S/C12H25N2O/c1-4-6-8-11-12(9-7-5-2)14(15)10(3)13-11/h10-13H,4-9H2,1-3H3/q-1. The zero-order valence-corrected chi connectivity index (χ0v) is 10.3. The van der Waals surface area contributed by atoms with E-state index in [0.29, 0.717) is 6.04 Å². The van der Waals surface area contributed by atoms with Gasteiger partial charge in [0.1, 0.15) is 0 Å². The van der Waals surface area contributed by atoms with E-state index in [1.165, 1.54) is 30.7 Å². The quantitative estimate of drug-likeness (QED) is 0.737. The first-order valence-electron chi connectivity index (χ1n) is 6.42. The molecule has 1 fully saturated rings. The summed E-state index contributed by atoms with van der Waals surface area (Å²) in [4.78, 5) is 0. The minimum atomic E-state index is 0.00807. The minimum absolute atomic E-state index is 0.00807. The van der Waals surface area contributed by atoms with Crippen LogP contribution in [0.4, 0.5) is 0 Å². The minimum Gasteiger partial charge on any atom is -0.784 e. The van der Waals surface area contributed by atoms with Crippen LogP contribution in [0.2, 0.25) is 0 Å². The molecule has 0 aromatic heterocycles. The summed E-state index contributed by atoms with van der Waals surface area (Å²) >= 11 is 0. The monoisotopic (exact) mass is 213 g/mol. The molecule has 90 valence electrons. The molecule has 0 spiro atoms. The summed E-state index contributed by atoms with van der Waals surface area (Å²) in [5.74, 6) is 0. The Morgan fingerprint density at radius 3 is 2.33 bits per heavy atom. The van der Waals surface area contributed by atoms with Gasteiger partial charge in [-0.1, -0.05) is 39.5 Å². The lowest BCUT2D eigenvalue weighted by Crippen LogP contribution is -2.33. The van der Waals surface area contributed by atoms with Crippen LogP contribution in [-0.4, -0.2) is 23.3 Å². The third kappa shape index (κ3) is 3.44. The third-order valence-corrected chi connectivity index (χ3v) is 3.35. The summed E-state index contributed by atoms with van der Waals surface area (Å²) < 4.78 is 0. The third-order valence-electron chi connectivity index (χ3n) is 3.35. The molecule has 0 saturated carbocycles. The topological polar surface area (TPSA) is 38.3 Å². The van der Waals surface area contributed by atoms with Crippen LogP contribution in [0, 0.1) is 5.21 Å². The molecule has 15 heavy (non-hydrogen) atoms. The fraction of sp³-hybridized carbons (Fsp3) is 1.00. The molecule has 1 N–H and O–H groups in total. The van der Waals surface area contributed by atoms with Crippen molar-refractivity contribution in [3.05, 3.63) is 5.21 Å². The summed E-state index contributed by atoms with van der Waals surface area (Å²) in [6, 6.07) is 0.635. The summed E-state index contributed by atoms with van der Waals surface area (Å²) in [5.41, 5.74) is 0. The van der Waals surface area contributed by atoms with Crippen molar-refractivity contribution >= 4 is 0 Å². The van der Waals surface area contributed by atoms with Crippen molar-refractivity contribution in [2.75, 3.05) is 0 Å². The number of unbranched alkanes of at least 4 members (excludes halogenated alkanes) is 2. The Morgan fingerprint density at radius 1 is 1.13 bits per heavy atom. The lowest BCUT2D eigenvalue weighted by Gasteiger charge is -2.34. The molecule has 1 heterocycles. The van der Waals surface area contributed by atoms with Gasteiger partial charge in [-0.05, 0) is 19.8 Å². The fourth-order valence-electron chi connectivity index (χ4n) is 2.40. The van der Waals surface area contributed by atoms with Crippen molar-refractivity contribution in [3.63, 3.8) is 0 Å². The van der Waals surface area contributed by atoms with Crippen molar-refractivity contribution in [1.82, 2.24) is 10.4 Å². The first kappa shape index (κ1) is 12.9. The van der Waals surface area contributed by atoms with Crippen molar-refractivity contribution in [1.29, 1.82) is 0 Å². The maximum absolute atomic E-state index is 11.8. The molecular formula is C12H25N2O-. The fourth-order valence-corrected chi connectivity index (χ4v) is 2.40. The van der Waals surface area contributed by atoms with Gasteiger partial charge in [-0.3, -0.25) is 5.32 Å². The molecule has 3 unspecified atom stereocenters. The Morgan fingerprint density at radius 2 is 1.73 bits per heavy atom. The van der Waals surface area contributed by atoms with E-state index >= 15 is 0 Å². The smallest absolute Gasteiger partial charge is 0.0458 e. The van der Waals surface area contributed by atoms with Crippen molar-refractivity contribution in [2.45, 2.75) is 77.5 Å². The van der Waals surface area contributed by atoms with Gasteiger partial charge in [-0.2, -0.15) is 0 Å². The van der Waals surface area contributed by atoms with Crippen molar-refractivity contribution in [2.24, 2.45) is 0 Å². The zero-order valence-electron chi connectivity index (χ0n) is 10.3. The molecule has 0 amide bonds. The normalized spacial score (nSPS) is 32.4. The lowest BCUT2D eigenvalue weighted by molar-refractivity contribution is 0.261. The summed E-state index contributed by atoms with van der Waals surface area (Å²) in [6.07, 6.45) is 6.99. The van der Waals surface area contributed by atoms with Crippen LogP contribution in [0.5, 0.6) is 0 Å². The second-order valence-electron chi connectivity index (χ2n) is 4.66. The highest BCUT2D eigenvalue weighted by atomic mass is 16.5. The Labute approximate surface area is 93.8 Å². The maximum atomic E-state index is 11.8. The predicted molar refractivity (Wildman–Crippen MR) is 64.4 cm³/mol. The molecule has 3 atom stereocenters. The van der Waals surface area contributed by atoms with Crippen LogP contribution >= 0.6 is 0 Å². The molecule has 1 aliphatic heterocycles. The molecule has 0 aromatic rings. The van der Waals surface area contributed by atoms with Crippen LogP contribution in [-0.2, 0) is 0 Å². The van der Waals surface area contributed by atoms with Crippen LogP contribution in [0.15, 0.2) is 0 Å². The second kappa shape index (κ2) is 6.46. The van der Waals surface area contributed by atoms with Gasteiger partial charge in [0.15, 0.2) is 0 Å². The summed E-state index contributed by atoms with van der Waals surface area (Å²) in [5, 5.41) is 16.5. The van der Waals surface area contributed by atoms with Gasteiger partial charge in [0, 0.05) is 18.2 Å². The predicted octanol–water partition coefficient (Wildman–Crippen LogP) is 2.85. The van der Waals surface area contributed by atoms with E-state index in [1.807, 2.05) is 6.92 Å². The van der Waals surface area contributed by atoms with Crippen LogP contribution in [0.25, 0.3) is 0 Å². The first-order chi connectivity index (χ1) is 7.20. The highest BCUT2D eigenvalue weighted by molar-refractivity contribution is 4.94. The van der Waals surface area contributed by atoms with E-state index < -0.39 is 0 Å². The largest absolute Gasteiger partial charge is 0.784 e. The van der Waals surface area contributed by atoms with Crippen molar-refractivity contribution in [3.8, 4) is 0 Å². The van der Waals surface area contributed by atoms with Crippen LogP contribution in [0.1, 0.15) is 59.3 Å². The average Bonchev–Trinajstić information content (AvgIpc) is 2.50. The number of hydroxylamine groups is 2. The van der Waals surface area contributed by atoms with E-state index in [4.69, 9.17) is 0 Å². The van der Waals surface area contributed by atoms with Crippen LogP contribution in [0.3, 0.4) is 0 Å². The number of rotatable bonds is 6. The SMILES string of the molecule is CCCCC1NC(C)N([O-])C1CCCC. The molecule has 1 saturated heterocycles. The maximum Gasteiger partial charge on any atom is 0.0458 e. The average molecular weight is 213 g/mol. The van der Waals surface area contributed by atoms with Gasteiger partial charge in [0.25, 0.3) is 0 Å². The highest BCUT2D eigenvalue weighted by Gasteiger charge is 2.31. The highest BCUT2D eigenvalue weighted by Crippen LogP contribution is 2.23. The van der Waals surface area contributed by atoms with E-state index in [0.717, 1.165) is 12.8 Å². The van der Waals surface area contributed by atoms with Gasteiger partial charge in [0.2, 0.25) is 0 Å². The van der Waals surface area contributed by atoms with E-state index in [2.05, 4.69) is 19.2 Å². The molecule has 0 aromatic carbocycles. The molecule has 3 heteroatoms. The van der Waals surface area contributed by atoms with Gasteiger partial charge >= 0.3 is 0 Å². The number of nitrogens with zero attached hydrogens (tertiary/aromatic N) is 1. The van der Waals surface area contributed by atoms with Gasteiger partial charge in [-0.25, -0.2) is 0 Å². The van der Waals surface area contributed by atoms with Gasteiger partial charge in [-0.15, -0.1) is 0 Å². The molecule has 0 radical (unpaired) electrons. The second-order valence-corrected chi connectivity index (χ2v) is 4.66. The Balaban J connectivity index is 2.44. The Kier molecular flexibility index (Phi) is 5.58. The van der Waals surface area contributed by atoms with E-state index in [1.54, 1.807) is 0 Å². The van der Waals surface area contributed by atoms with Gasteiger partial charge < -0.3 is 10.3 Å². The molecule has 1 aliphatic rings. The van der Waals surface area contributed by atoms with Gasteiger partial charge in [0.05, 0.1) is 0 Å².